The van der Waals surface area contributed by atoms with Gasteiger partial charge in [-0.25, -0.2) is 4.99 Å². The number of carbonyl (C=O) groups is 1. The molecule has 3 aromatic rings. The van der Waals surface area contributed by atoms with Crippen LogP contribution in [0.5, 0.6) is 0 Å². The fourth-order valence-corrected chi connectivity index (χ4v) is 4.29. The van der Waals surface area contributed by atoms with Crippen LogP contribution < -0.4 is 0 Å². The number of carbonyl (C=O) groups excluding carboxylic acids is 1. The van der Waals surface area contributed by atoms with Crippen LogP contribution in [-0.2, 0) is 4.79 Å². The molecule has 6 heteroatoms. The van der Waals surface area contributed by atoms with E-state index in [1.165, 1.54) is 17.3 Å². The van der Waals surface area contributed by atoms with Gasteiger partial charge in [0.15, 0.2) is 5.17 Å². The van der Waals surface area contributed by atoms with Crippen molar-refractivity contribution < 1.29 is 9.21 Å². The molecule has 1 aliphatic rings. The van der Waals surface area contributed by atoms with Crippen LogP contribution in [0.3, 0.4) is 0 Å². The van der Waals surface area contributed by atoms with Gasteiger partial charge >= 0.3 is 0 Å². The molecule has 0 unspecified atom stereocenters. The minimum atomic E-state index is -0.0336. The van der Waals surface area contributed by atoms with E-state index in [-0.39, 0.29) is 5.91 Å². The Kier molecular flexibility index (Phi) is 6.64. The molecular weight excluding hydrogens is 428 g/mol. The second kappa shape index (κ2) is 9.58. The van der Waals surface area contributed by atoms with Gasteiger partial charge in [-0.15, -0.1) is 0 Å². The van der Waals surface area contributed by atoms with Crippen LogP contribution >= 0.6 is 23.4 Å². The Balaban J connectivity index is 1.61. The highest BCUT2D eigenvalue weighted by Gasteiger charge is 2.33. The molecule has 1 saturated heterocycles. The third-order valence-corrected chi connectivity index (χ3v) is 6.17. The number of halogens is 1. The Hall–Kier alpha value is -2.76. The Morgan fingerprint density at radius 1 is 1.06 bits per heavy atom. The van der Waals surface area contributed by atoms with Crippen molar-refractivity contribution in [1.82, 2.24) is 4.90 Å². The number of amides is 1. The first kappa shape index (κ1) is 21.5. The van der Waals surface area contributed by atoms with E-state index in [0.29, 0.717) is 27.4 Å². The van der Waals surface area contributed by atoms with Gasteiger partial charge in [-0.05, 0) is 73.6 Å². The highest BCUT2D eigenvalue weighted by atomic mass is 35.5. The maximum atomic E-state index is 13.1. The van der Waals surface area contributed by atoms with Crippen molar-refractivity contribution in [2.45, 2.75) is 26.7 Å². The van der Waals surface area contributed by atoms with E-state index in [2.05, 4.69) is 6.92 Å². The summed E-state index contributed by atoms with van der Waals surface area (Å²) in [5.74, 6) is 1.33. The van der Waals surface area contributed by atoms with Crippen molar-refractivity contribution >= 4 is 46.2 Å². The predicted octanol–water partition coefficient (Wildman–Crippen LogP) is 7.31. The van der Waals surface area contributed by atoms with Crippen LogP contribution in [0.4, 0.5) is 5.69 Å². The first-order valence-corrected chi connectivity index (χ1v) is 11.5. The number of rotatable bonds is 6. The molecular formula is C25H23ClN2O2S. The molecule has 0 spiro atoms. The highest BCUT2D eigenvalue weighted by molar-refractivity contribution is 8.18. The van der Waals surface area contributed by atoms with Gasteiger partial charge in [0.25, 0.3) is 5.91 Å². The van der Waals surface area contributed by atoms with Gasteiger partial charge in [0.1, 0.15) is 11.5 Å². The average Bonchev–Trinajstić information content (AvgIpc) is 3.34. The Morgan fingerprint density at radius 3 is 2.52 bits per heavy atom. The van der Waals surface area contributed by atoms with Crippen molar-refractivity contribution in [3.8, 4) is 11.3 Å². The first-order valence-electron chi connectivity index (χ1n) is 10.3. The van der Waals surface area contributed by atoms with E-state index in [9.17, 15) is 4.79 Å². The maximum absolute atomic E-state index is 13.1. The molecule has 0 radical (unpaired) electrons. The van der Waals surface area contributed by atoms with Gasteiger partial charge in [0.05, 0.1) is 10.6 Å². The van der Waals surface area contributed by atoms with E-state index >= 15 is 0 Å². The number of nitrogens with zero attached hydrogens (tertiary/aromatic N) is 2. The van der Waals surface area contributed by atoms with Crippen molar-refractivity contribution in [2.24, 2.45) is 4.99 Å². The third kappa shape index (κ3) is 5.12. The molecule has 158 valence electrons. The van der Waals surface area contributed by atoms with Gasteiger partial charge in [-0.2, -0.15) is 0 Å². The number of hydrogen-bond donors (Lipinski definition) is 0. The van der Waals surface area contributed by atoms with Crippen LogP contribution in [0.1, 0.15) is 31.1 Å². The summed E-state index contributed by atoms with van der Waals surface area (Å²) in [6.07, 6.45) is 3.73. The zero-order valence-electron chi connectivity index (χ0n) is 17.5. The molecule has 2 heterocycles. The number of aryl methyl sites for hydroxylation is 1. The Bertz CT molecular complexity index is 1130. The van der Waals surface area contributed by atoms with Crippen LogP contribution in [0.25, 0.3) is 17.4 Å². The standard InChI is InChI=1S/C25H23ClN2O2S/c1-3-4-15-28-24(29)23(31-25(28)27-20-11-5-17(2)6-12-20)16-21-13-14-22(30-21)18-7-9-19(26)10-8-18/h5-14,16H,3-4,15H2,1-2H3/b23-16+,27-25?. The van der Waals surface area contributed by atoms with E-state index in [1.54, 1.807) is 11.0 Å². The van der Waals surface area contributed by atoms with Crippen molar-refractivity contribution in [1.29, 1.82) is 0 Å². The fourth-order valence-electron chi connectivity index (χ4n) is 3.16. The van der Waals surface area contributed by atoms with Gasteiger partial charge in [-0.3, -0.25) is 9.69 Å². The largest absolute Gasteiger partial charge is 0.457 e. The Morgan fingerprint density at radius 2 is 1.81 bits per heavy atom. The molecule has 1 amide bonds. The minimum Gasteiger partial charge on any atom is -0.457 e. The molecule has 4 rings (SSSR count). The predicted molar refractivity (Wildman–Crippen MR) is 130 cm³/mol. The molecule has 0 saturated carbocycles. The summed E-state index contributed by atoms with van der Waals surface area (Å²) in [5.41, 5.74) is 2.95. The molecule has 0 N–H and O–H groups in total. The first-order chi connectivity index (χ1) is 15.0. The SMILES string of the molecule is CCCCN1C(=O)/C(=C\c2ccc(-c3ccc(Cl)cc3)o2)SC1=Nc1ccc(C)cc1. The molecule has 2 aromatic carbocycles. The summed E-state index contributed by atoms with van der Waals surface area (Å²) in [6, 6.07) is 19.2. The number of thioether (sulfide) groups is 1. The maximum Gasteiger partial charge on any atom is 0.266 e. The van der Waals surface area contributed by atoms with E-state index in [4.69, 9.17) is 21.0 Å². The fraction of sp³-hybridized carbons (Fsp3) is 0.200. The van der Waals surface area contributed by atoms with Crippen molar-refractivity contribution in [3.05, 3.63) is 81.9 Å². The van der Waals surface area contributed by atoms with E-state index < -0.39 is 0 Å². The number of amidine groups is 1. The molecule has 4 nitrogen and oxygen atoms in total. The van der Waals surface area contributed by atoms with Crippen LogP contribution in [0, 0.1) is 6.92 Å². The summed E-state index contributed by atoms with van der Waals surface area (Å²) in [5, 5.41) is 1.39. The third-order valence-electron chi connectivity index (χ3n) is 4.91. The molecule has 0 aliphatic carbocycles. The monoisotopic (exact) mass is 450 g/mol. The molecule has 31 heavy (non-hydrogen) atoms. The summed E-state index contributed by atoms with van der Waals surface area (Å²) < 4.78 is 5.96. The highest BCUT2D eigenvalue weighted by Crippen LogP contribution is 2.35. The second-order valence-corrected chi connectivity index (χ2v) is 8.81. The molecule has 0 atom stereocenters. The summed E-state index contributed by atoms with van der Waals surface area (Å²) >= 11 is 7.35. The van der Waals surface area contributed by atoms with Gasteiger partial charge in [-0.1, -0.05) is 42.6 Å². The van der Waals surface area contributed by atoms with E-state index in [0.717, 1.165) is 29.9 Å². The molecule has 0 bridgehead atoms. The average molecular weight is 451 g/mol. The summed E-state index contributed by atoms with van der Waals surface area (Å²) in [4.78, 5) is 20.2. The van der Waals surface area contributed by atoms with Crippen molar-refractivity contribution in [3.63, 3.8) is 0 Å². The Labute approximate surface area is 191 Å². The minimum absolute atomic E-state index is 0.0336. The molecule has 1 aliphatic heterocycles. The number of aliphatic imine (C=N–C) groups is 1. The topological polar surface area (TPSA) is 45.8 Å². The molecule has 1 aromatic heterocycles. The second-order valence-electron chi connectivity index (χ2n) is 7.36. The number of hydrogen-bond acceptors (Lipinski definition) is 4. The van der Waals surface area contributed by atoms with E-state index in [1.807, 2.05) is 67.6 Å². The molecule has 1 fully saturated rings. The number of unbranched alkanes of at least 4 members (excludes halogenated alkanes) is 1. The summed E-state index contributed by atoms with van der Waals surface area (Å²) in [6.45, 7) is 4.81. The number of benzene rings is 2. The van der Waals surface area contributed by atoms with Crippen LogP contribution in [0.2, 0.25) is 5.02 Å². The van der Waals surface area contributed by atoms with Crippen LogP contribution in [-0.4, -0.2) is 22.5 Å². The van der Waals surface area contributed by atoms with Gasteiger partial charge in [0, 0.05) is 23.2 Å². The summed E-state index contributed by atoms with van der Waals surface area (Å²) in [7, 11) is 0. The number of furan rings is 1. The smallest absolute Gasteiger partial charge is 0.266 e. The van der Waals surface area contributed by atoms with Crippen molar-refractivity contribution in [2.75, 3.05) is 6.54 Å². The van der Waals surface area contributed by atoms with Gasteiger partial charge < -0.3 is 4.42 Å². The zero-order valence-corrected chi connectivity index (χ0v) is 19.0. The lowest BCUT2D eigenvalue weighted by Gasteiger charge is -2.14. The lowest BCUT2D eigenvalue weighted by Crippen LogP contribution is -2.30. The van der Waals surface area contributed by atoms with Gasteiger partial charge in [0.2, 0.25) is 0 Å². The van der Waals surface area contributed by atoms with Crippen LogP contribution in [0.15, 0.2) is 75.0 Å². The lowest BCUT2D eigenvalue weighted by molar-refractivity contribution is -0.122. The normalized spacial score (nSPS) is 16.6. The lowest BCUT2D eigenvalue weighted by atomic mass is 10.2. The quantitative estimate of drug-likeness (QED) is 0.370. The zero-order chi connectivity index (χ0) is 21.8.